The molecular weight excluding hydrogens is 388 g/mol. The fraction of sp³-hybridized carbons (Fsp3) is 0.182. The number of anilines is 1. The highest BCUT2D eigenvalue weighted by molar-refractivity contribution is 6.05. The highest BCUT2D eigenvalue weighted by Crippen LogP contribution is 2.40. The Morgan fingerprint density at radius 3 is 2.23 bits per heavy atom. The van der Waals surface area contributed by atoms with E-state index in [1.165, 1.54) is 21.3 Å². The number of pyridine rings is 1. The van der Waals surface area contributed by atoms with Gasteiger partial charge in [0.2, 0.25) is 11.5 Å². The number of ether oxygens (including phenoxy) is 4. The Labute approximate surface area is 172 Å². The largest absolute Gasteiger partial charge is 0.497 e. The number of methoxy groups -OCH3 is 4. The first-order chi connectivity index (χ1) is 14.6. The molecule has 0 spiro atoms. The van der Waals surface area contributed by atoms with Gasteiger partial charge in [-0.2, -0.15) is 0 Å². The number of carbonyl (C=O) groups excluding carboxylic acids is 1. The maximum atomic E-state index is 12.8. The molecule has 154 valence electrons. The van der Waals surface area contributed by atoms with Crippen LogP contribution < -0.4 is 24.3 Å². The smallest absolute Gasteiger partial charge is 0.291 e. The van der Waals surface area contributed by atoms with Gasteiger partial charge in [0.15, 0.2) is 17.3 Å². The van der Waals surface area contributed by atoms with Crippen molar-refractivity contribution in [2.24, 2.45) is 0 Å². The maximum absolute atomic E-state index is 12.8. The maximum Gasteiger partial charge on any atom is 0.291 e. The predicted octanol–water partition coefficient (Wildman–Crippen LogP) is 4.27. The summed E-state index contributed by atoms with van der Waals surface area (Å²) < 4.78 is 26.9. The Morgan fingerprint density at radius 1 is 0.867 bits per heavy atom. The zero-order chi connectivity index (χ0) is 21.3. The number of rotatable bonds is 6. The number of hydrogen-bond acceptors (Lipinski definition) is 7. The Kier molecular flexibility index (Phi) is 5.05. The summed E-state index contributed by atoms with van der Waals surface area (Å²) in [5.74, 6) is 1.73. The number of hydrogen-bond donors (Lipinski definition) is 1. The summed E-state index contributed by atoms with van der Waals surface area (Å²) in [4.78, 5) is 17.2. The topological polar surface area (TPSA) is 92.1 Å². The Balaban J connectivity index is 1.67. The van der Waals surface area contributed by atoms with Crippen LogP contribution in [0.3, 0.4) is 0 Å². The third-order valence-electron chi connectivity index (χ3n) is 4.65. The van der Waals surface area contributed by atoms with Crippen LogP contribution in [0.4, 0.5) is 5.69 Å². The average Bonchev–Trinajstić information content (AvgIpc) is 3.19. The van der Waals surface area contributed by atoms with Gasteiger partial charge in [-0.05, 0) is 30.3 Å². The number of fused-ring (bicyclic) bond motifs is 2. The highest BCUT2D eigenvalue weighted by atomic mass is 16.5. The molecule has 0 atom stereocenters. The lowest BCUT2D eigenvalue weighted by Gasteiger charge is -2.14. The molecule has 0 saturated carbocycles. The van der Waals surface area contributed by atoms with E-state index in [1.807, 2.05) is 24.3 Å². The second-order valence-electron chi connectivity index (χ2n) is 6.42. The van der Waals surface area contributed by atoms with E-state index < -0.39 is 5.91 Å². The molecule has 2 aromatic carbocycles. The molecule has 0 unspecified atom stereocenters. The van der Waals surface area contributed by atoms with Gasteiger partial charge in [0.05, 0.1) is 34.0 Å². The van der Waals surface area contributed by atoms with Gasteiger partial charge >= 0.3 is 0 Å². The summed E-state index contributed by atoms with van der Waals surface area (Å²) in [7, 11) is 6.14. The monoisotopic (exact) mass is 408 g/mol. The van der Waals surface area contributed by atoms with Gasteiger partial charge in [0.1, 0.15) is 5.75 Å². The summed E-state index contributed by atoms with van der Waals surface area (Å²) in [6.45, 7) is 0. The number of aromatic nitrogens is 1. The summed E-state index contributed by atoms with van der Waals surface area (Å²) in [6.07, 6.45) is 0. The van der Waals surface area contributed by atoms with Crippen molar-refractivity contribution >= 4 is 33.6 Å². The zero-order valence-electron chi connectivity index (χ0n) is 16.9. The van der Waals surface area contributed by atoms with Crippen LogP contribution in [0.1, 0.15) is 10.6 Å². The number of carbonyl (C=O) groups is 1. The fourth-order valence-corrected chi connectivity index (χ4v) is 3.20. The second kappa shape index (κ2) is 7.82. The van der Waals surface area contributed by atoms with Crippen LogP contribution in [-0.2, 0) is 0 Å². The molecule has 0 fully saturated rings. The molecule has 0 saturated heterocycles. The lowest BCUT2D eigenvalue weighted by Crippen LogP contribution is -2.11. The Hall–Kier alpha value is -3.94. The molecule has 0 aliphatic heterocycles. The van der Waals surface area contributed by atoms with Gasteiger partial charge in [-0.3, -0.25) is 4.79 Å². The third kappa shape index (κ3) is 3.43. The standard InChI is InChI=1S/C22H20N2O6/c1-26-15-5-6-16-12(8-15)7-13-9-19(30-22(13)24-16)21(25)23-14-10-17(27-2)20(29-4)18(11-14)28-3/h5-11H,1-4H3,(H,23,25). The van der Waals surface area contributed by atoms with Crippen LogP contribution in [0.5, 0.6) is 23.0 Å². The van der Waals surface area contributed by atoms with E-state index in [1.54, 1.807) is 25.3 Å². The SMILES string of the molecule is COc1ccc2nc3oc(C(=O)Nc4cc(OC)c(OC)c(OC)c4)cc3cc2c1. The predicted molar refractivity (Wildman–Crippen MR) is 112 cm³/mol. The van der Waals surface area contributed by atoms with Gasteiger partial charge in [-0.1, -0.05) is 0 Å². The number of furan rings is 1. The molecule has 2 aromatic heterocycles. The lowest BCUT2D eigenvalue weighted by atomic mass is 10.2. The first kappa shape index (κ1) is 19.4. The van der Waals surface area contributed by atoms with Crippen molar-refractivity contribution in [3.05, 3.63) is 48.2 Å². The van der Waals surface area contributed by atoms with Gasteiger partial charge < -0.3 is 28.7 Å². The van der Waals surface area contributed by atoms with Crippen LogP contribution in [-0.4, -0.2) is 39.3 Å². The molecule has 4 aromatic rings. The molecule has 30 heavy (non-hydrogen) atoms. The minimum Gasteiger partial charge on any atom is -0.497 e. The number of amides is 1. The summed E-state index contributed by atoms with van der Waals surface area (Å²) in [6, 6.07) is 12.4. The first-order valence-electron chi connectivity index (χ1n) is 9.06. The molecule has 4 rings (SSSR count). The van der Waals surface area contributed by atoms with Crippen molar-refractivity contribution < 1.29 is 28.2 Å². The number of benzene rings is 2. The van der Waals surface area contributed by atoms with E-state index in [-0.39, 0.29) is 5.76 Å². The van der Waals surface area contributed by atoms with Crippen LogP contribution in [0, 0.1) is 0 Å². The van der Waals surface area contributed by atoms with E-state index in [4.69, 9.17) is 23.4 Å². The van der Waals surface area contributed by atoms with Gasteiger partial charge in [0, 0.05) is 28.6 Å². The fourth-order valence-electron chi connectivity index (χ4n) is 3.20. The summed E-state index contributed by atoms with van der Waals surface area (Å²) in [5.41, 5.74) is 1.59. The molecule has 1 N–H and O–H groups in total. The molecule has 8 nitrogen and oxygen atoms in total. The van der Waals surface area contributed by atoms with E-state index in [9.17, 15) is 4.79 Å². The van der Waals surface area contributed by atoms with Gasteiger partial charge in [-0.15, -0.1) is 0 Å². The number of nitrogens with zero attached hydrogens (tertiary/aromatic N) is 1. The van der Waals surface area contributed by atoms with Crippen LogP contribution in [0.25, 0.3) is 22.0 Å². The lowest BCUT2D eigenvalue weighted by molar-refractivity contribution is 0.0998. The van der Waals surface area contributed by atoms with Crippen LogP contribution in [0.15, 0.2) is 46.9 Å². The molecule has 8 heteroatoms. The first-order valence-corrected chi connectivity index (χ1v) is 9.06. The molecule has 0 aliphatic rings. The minimum absolute atomic E-state index is 0.133. The molecule has 0 bridgehead atoms. The normalized spacial score (nSPS) is 10.8. The quantitative estimate of drug-likeness (QED) is 0.509. The summed E-state index contributed by atoms with van der Waals surface area (Å²) >= 11 is 0. The minimum atomic E-state index is -0.427. The highest BCUT2D eigenvalue weighted by Gasteiger charge is 2.18. The van der Waals surface area contributed by atoms with Crippen LogP contribution in [0.2, 0.25) is 0 Å². The van der Waals surface area contributed by atoms with Gasteiger partial charge in [0.25, 0.3) is 5.91 Å². The molecule has 1 amide bonds. The molecular formula is C22H20N2O6. The molecule has 0 radical (unpaired) electrons. The molecule has 2 heterocycles. The zero-order valence-corrected chi connectivity index (χ0v) is 16.9. The Morgan fingerprint density at radius 2 is 1.60 bits per heavy atom. The average molecular weight is 408 g/mol. The van der Waals surface area contributed by atoms with E-state index in [0.29, 0.717) is 34.0 Å². The van der Waals surface area contributed by atoms with Crippen molar-refractivity contribution in [3.8, 4) is 23.0 Å². The van der Waals surface area contributed by atoms with Crippen molar-refractivity contribution in [1.29, 1.82) is 0 Å². The molecule has 0 aliphatic carbocycles. The Bertz CT molecular complexity index is 1220. The van der Waals surface area contributed by atoms with Crippen molar-refractivity contribution in [2.75, 3.05) is 33.8 Å². The third-order valence-corrected chi connectivity index (χ3v) is 4.65. The number of nitrogens with one attached hydrogen (secondary N) is 1. The van der Waals surface area contributed by atoms with E-state index >= 15 is 0 Å². The van der Waals surface area contributed by atoms with Crippen molar-refractivity contribution in [3.63, 3.8) is 0 Å². The van der Waals surface area contributed by atoms with E-state index in [2.05, 4.69) is 10.3 Å². The van der Waals surface area contributed by atoms with Gasteiger partial charge in [-0.25, -0.2) is 4.98 Å². The van der Waals surface area contributed by atoms with Crippen LogP contribution >= 0.6 is 0 Å². The summed E-state index contributed by atoms with van der Waals surface area (Å²) in [5, 5.41) is 4.39. The van der Waals surface area contributed by atoms with Crippen molar-refractivity contribution in [2.45, 2.75) is 0 Å². The second-order valence-corrected chi connectivity index (χ2v) is 6.42. The van der Waals surface area contributed by atoms with Crippen molar-refractivity contribution in [1.82, 2.24) is 4.98 Å². The van der Waals surface area contributed by atoms with E-state index in [0.717, 1.165) is 16.7 Å².